The number of hydrogen-bond donors (Lipinski definition) is 4. The minimum atomic E-state index is -4.32. The number of anilines is 1. The minimum Gasteiger partial charge on any atom is -0.478 e. The van der Waals surface area contributed by atoms with Crippen LogP contribution < -0.4 is 20.1 Å². The first kappa shape index (κ1) is 38.2. The number of carboxylic acids is 1. The fourth-order valence-electron chi connectivity index (χ4n) is 6.48. The number of nitrogens with one attached hydrogen (secondary N) is 3. The van der Waals surface area contributed by atoms with Gasteiger partial charge in [0.25, 0.3) is 0 Å². The number of aryl methyl sites for hydroxylation is 2. The molecule has 2 aromatic carbocycles. The molecule has 0 spiro atoms. The summed E-state index contributed by atoms with van der Waals surface area (Å²) in [6.45, 7) is 9.28. The lowest BCUT2D eigenvalue weighted by Crippen LogP contribution is -2.49. The van der Waals surface area contributed by atoms with Crippen molar-refractivity contribution in [1.82, 2.24) is 20.6 Å². The lowest BCUT2D eigenvalue weighted by atomic mass is 9.89. The SMILES string of the molecule is Cc1cccc(C)c1-c1cc(OC[C@@H](CC2(C(F)(F)F)CC2)NC2CCC(NC(=O)OC(C)(C)C)CC2)nc(NSc2cccc(C(=O)O)c2)n1. The monoisotopic (exact) mass is 729 g/mol. The van der Waals surface area contributed by atoms with Gasteiger partial charge in [0.15, 0.2) is 0 Å². The van der Waals surface area contributed by atoms with E-state index in [4.69, 9.17) is 14.5 Å². The van der Waals surface area contributed by atoms with Crippen LogP contribution in [0.1, 0.15) is 87.2 Å². The van der Waals surface area contributed by atoms with E-state index in [0.717, 1.165) is 28.6 Å². The number of carbonyl (C=O) groups excluding carboxylic acids is 1. The van der Waals surface area contributed by atoms with Crippen molar-refractivity contribution in [3.63, 3.8) is 0 Å². The van der Waals surface area contributed by atoms with Crippen LogP contribution in [0.25, 0.3) is 11.3 Å². The van der Waals surface area contributed by atoms with E-state index < -0.39 is 35.3 Å². The van der Waals surface area contributed by atoms with Crippen LogP contribution in [0, 0.1) is 19.3 Å². The molecule has 1 amide bonds. The standard InChI is InChI=1S/C37H46F3N5O5S/c1-22-8-6-9-23(2)31(22)29-19-30(44-33(43-29)45-51-28-11-7-10-24(18-28)32(46)47)49-21-27(20-36(16-17-36)37(38,39)40)41-25-12-14-26(15-13-25)42-34(48)50-35(3,4)5/h6-11,18-19,25-27,41H,12-17,20-21H2,1-5H3,(H,42,48)(H,46,47)(H,43,44,45)/t25?,26?,27-/m1/s1. The molecule has 10 nitrogen and oxygen atoms in total. The lowest BCUT2D eigenvalue weighted by molar-refractivity contribution is -0.191. The number of nitrogens with zero attached hydrogens (tertiary/aromatic N) is 2. The maximum absolute atomic E-state index is 14.2. The van der Waals surface area contributed by atoms with Crippen molar-refractivity contribution in [3.8, 4) is 17.1 Å². The van der Waals surface area contributed by atoms with Gasteiger partial charge in [-0.05, 0) is 121 Å². The van der Waals surface area contributed by atoms with Gasteiger partial charge in [-0.2, -0.15) is 18.2 Å². The van der Waals surface area contributed by atoms with Gasteiger partial charge in [0.05, 0.1) is 16.7 Å². The van der Waals surface area contributed by atoms with Gasteiger partial charge in [-0.1, -0.05) is 24.3 Å². The van der Waals surface area contributed by atoms with Crippen LogP contribution in [-0.2, 0) is 4.74 Å². The number of carboxylic acid groups (broad SMARTS) is 1. The van der Waals surface area contributed by atoms with Gasteiger partial charge in [0, 0.05) is 34.7 Å². The zero-order valence-electron chi connectivity index (χ0n) is 29.5. The van der Waals surface area contributed by atoms with Gasteiger partial charge in [-0.15, -0.1) is 0 Å². The Morgan fingerprint density at radius 3 is 2.24 bits per heavy atom. The quantitative estimate of drug-likeness (QED) is 0.127. The number of aromatic nitrogens is 2. The van der Waals surface area contributed by atoms with E-state index in [1.54, 1.807) is 39.0 Å². The van der Waals surface area contributed by atoms with E-state index in [1.165, 1.54) is 12.1 Å². The largest absolute Gasteiger partial charge is 0.478 e. The highest BCUT2D eigenvalue weighted by Gasteiger charge is 2.63. The fraction of sp³-hybridized carbons (Fsp3) is 0.514. The molecule has 2 aliphatic carbocycles. The molecular weight excluding hydrogens is 683 g/mol. The van der Waals surface area contributed by atoms with Gasteiger partial charge in [-0.3, -0.25) is 4.72 Å². The van der Waals surface area contributed by atoms with E-state index in [9.17, 15) is 27.9 Å². The molecule has 2 saturated carbocycles. The molecule has 0 aliphatic heterocycles. The average Bonchev–Trinajstić information content (AvgIpc) is 3.84. The zero-order chi connectivity index (χ0) is 37.0. The van der Waals surface area contributed by atoms with Crippen LogP contribution in [0.5, 0.6) is 5.88 Å². The number of aromatic carboxylic acids is 1. The van der Waals surface area contributed by atoms with Gasteiger partial charge < -0.3 is 25.2 Å². The zero-order valence-corrected chi connectivity index (χ0v) is 30.3. The van der Waals surface area contributed by atoms with Crippen molar-refractivity contribution in [3.05, 3.63) is 65.2 Å². The van der Waals surface area contributed by atoms with Crippen molar-refractivity contribution in [2.45, 2.75) is 114 Å². The smallest absolute Gasteiger partial charge is 0.407 e. The molecule has 0 saturated heterocycles. The Bertz CT molecular complexity index is 1680. The summed E-state index contributed by atoms with van der Waals surface area (Å²) in [7, 11) is 0. The first-order chi connectivity index (χ1) is 24.0. The fourth-order valence-corrected chi connectivity index (χ4v) is 7.11. The molecular formula is C37H46F3N5O5S. The van der Waals surface area contributed by atoms with E-state index in [2.05, 4.69) is 20.3 Å². The van der Waals surface area contributed by atoms with Crippen LogP contribution in [0.4, 0.5) is 23.9 Å². The summed E-state index contributed by atoms with van der Waals surface area (Å²) in [6.07, 6.45) is -2.06. The molecule has 5 rings (SSSR count). The van der Waals surface area contributed by atoms with E-state index in [0.29, 0.717) is 36.3 Å². The first-order valence-electron chi connectivity index (χ1n) is 17.2. The molecule has 4 N–H and O–H groups in total. The Kier molecular flexibility index (Phi) is 11.7. The number of halogens is 3. The topological polar surface area (TPSA) is 135 Å². The molecule has 14 heteroatoms. The molecule has 2 aliphatic rings. The predicted octanol–water partition coefficient (Wildman–Crippen LogP) is 8.48. The third kappa shape index (κ3) is 10.5. The Morgan fingerprint density at radius 2 is 1.63 bits per heavy atom. The molecule has 51 heavy (non-hydrogen) atoms. The van der Waals surface area contributed by atoms with Gasteiger partial charge in [0.2, 0.25) is 11.8 Å². The molecule has 2 fully saturated rings. The van der Waals surface area contributed by atoms with Crippen molar-refractivity contribution in [1.29, 1.82) is 0 Å². The minimum absolute atomic E-state index is 0.0508. The Hall–Kier alpha value is -4.04. The second kappa shape index (κ2) is 15.7. The summed E-state index contributed by atoms with van der Waals surface area (Å²) in [6, 6.07) is 13.3. The van der Waals surface area contributed by atoms with Crippen molar-refractivity contribution in [2.24, 2.45) is 5.41 Å². The maximum atomic E-state index is 14.2. The number of alkyl carbamates (subject to hydrolysis) is 1. The summed E-state index contributed by atoms with van der Waals surface area (Å²) in [4.78, 5) is 33.7. The Labute approximate surface area is 300 Å². The summed E-state index contributed by atoms with van der Waals surface area (Å²) < 4.78 is 57.2. The Balaban J connectivity index is 1.33. The molecule has 0 radical (unpaired) electrons. The number of carbonyl (C=O) groups is 2. The summed E-state index contributed by atoms with van der Waals surface area (Å²) >= 11 is 1.13. The van der Waals surface area contributed by atoms with E-state index in [1.807, 2.05) is 32.0 Å². The van der Waals surface area contributed by atoms with E-state index >= 15 is 0 Å². The number of benzene rings is 2. The normalized spacial score (nSPS) is 19.1. The highest BCUT2D eigenvalue weighted by Crippen LogP contribution is 2.60. The molecule has 1 heterocycles. The predicted molar refractivity (Wildman–Crippen MR) is 190 cm³/mol. The number of ether oxygens (including phenoxy) is 2. The maximum Gasteiger partial charge on any atom is 0.407 e. The number of hydrogen-bond acceptors (Lipinski definition) is 9. The molecule has 3 aromatic rings. The molecule has 1 atom stereocenters. The van der Waals surface area contributed by atoms with Crippen LogP contribution in [0.2, 0.25) is 0 Å². The van der Waals surface area contributed by atoms with Crippen molar-refractivity contribution in [2.75, 3.05) is 11.3 Å². The van der Waals surface area contributed by atoms with Crippen molar-refractivity contribution < 1.29 is 37.3 Å². The highest BCUT2D eigenvalue weighted by atomic mass is 32.2. The van der Waals surface area contributed by atoms with Crippen molar-refractivity contribution >= 4 is 30.0 Å². The van der Waals surface area contributed by atoms with Gasteiger partial charge in [0.1, 0.15) is 12.2 Å². The number of rotatable bonds is 13. The third-order valence-electron chi connectivity index (χ3n) is 9.22. The Morgan fingerprint density at radius 1 is 0.980 bits per heavy atom. The van der Waals surface area contributed by atoms with Crippen LogP contribution in [0.15, 0.2) is 53.4 Å². The van der Waals surface area contributed by atoms with Gasteiger partial charge >= 0.3 is 18.2 Å². The summed E-state index contributed by atoms with van der Waals surface area (Å²) in [5, 5.41) is 15.8. The summed E-state index contributed by atoms with van der Waals surface area (Å²) in [5.74, 6) is -0.655. The number of amides is 1. The van der Waals surface area contributed by atoms with Crippen LogP contribution in [-0.4, -0.2) is 63.6 Å². The summed E-state index contributed by atoms with van der Waals surface area (Å²) in [5.41, 5.74) is 1.19. The van der Waals surface area contributed by atoms with Gasteiger partial charge in [-0.25, -0.2) is 14.6 Å². The lowest BCUT2D eigenvalue weighted by Gasteiger charge is -2.34. The average molecular weight is 730 g/mol. The molecule has 1 aromatic heterocycles. The first-order valence-corrected chi connectivity index (χ1v) is 18.0. The second-order valence-corrected chi connectivity index (χ2v) is 15.5. The second-order valence-electron chi connectivity index (χ2n) is 14.6. The number of alkyl halides is 3. The molecule has 0 bridgehead atoms. The van der Waals surface area contributed by atoms with E-state index in [-0.39, 0.29) is 55.3 Å². The van der Waals surface area contributed by atoms with Crippen LogP contribution in [0.3, 0.4) is 0 Å². The molecule has 276 valence electrons. The molecule has 0 unspecified atom stereocenters. The van der Waals surface area contributed by atoms with Crippen LogP contribution >= 0.6 is 11.9 Å². The highest BCUT2D eigenvalue weighted by molar-refractivity contribution is 8.00. The third-order valence-corrected chi connectivity index (χ3v) is 10.00.